The fraction of sp³-hybridized carbons (Fsp3) is 0.762. The van der Waals surface area contributed by atoms with Crippen molar-refractivity contribution in [1.82, 2.24) is 4.57 Å². The Kier molecular flexibility index (Phi) is 11.2. The first-order chi connectivity index (χ1) is 12.9. The summed E-state index contributed by atoms with van der Waals surface area (Å²) < 4.78 is 47.6. The van der Waals surface area contributed by atoms with Crippen LogP contribution in [0.4, 0.5) is 13.2 Å². The van der Waals surface area contributed by atoms with Gasteiger partial charge in [0.15, 0.2) is 5.82 Å². The molecule has 0 saturated heterocycles. The van der Waals surface area contributed by atoms with Crippen LogP contribution in [0.15, 0.2) is 12.4 Å². The quantitative estimate of drug-likeness (QED) is 0.245. The van der Waals surface area contributed by atoms with Gasteiger partial charge in [-0.3, -0.25) is 0 Å². The summed E-state index contributed by atoms with van der Waals surface area (Å²) in [6.45, 7) is 3.29. The molecule has 1 rings (SSSR count). The third-order valence-corrected chi connectivity index (χ3v) is 4.64. The van der Waals surface area contributed by atoms with Gasteiger partial charge in [0.2, 0.25) is 0 Å². The molecular formula is C21H34F3NO2. The first-order valence-electron chi connectivity index (χ1n) is 10.3. The van der Waals surface area contributed by atoms with Gasteiger partial charge in [0.1, 0.15) is 5.56 Å². The number of alkyl halides is 2. The smallest absolute Gasteiger partial charge is 0.342 e. The van der Waals surface area contributed by atoms with Crippen molar-refractivity contribution in [2.24, 2.45) is 0 Å². The number of carbonyl (C=O) groups is 1. The number of aromatic nitrogens is 1. The second-order valence-corrected chi connectivity index (χ2v) is 7.20. The van der Waals surface area contributed by atoms with Crippen LogP contribution in [-0.4, -0.2) is 23.1 Å². The van der Waals surface area contributed by atoms with Gasteiger partial charge >= 0.3 is 5.97 Å². The minimum atomic E-state index is -2.92. The monoisotopic (exact) mass is 389 g/mol. The summed E-state index contributed by atoms with van der Waals surface area (Å²) >= 11 is 0. The molecule has 0 aliphatic heterocycles. The third-order valence-electron chi connectivity index (χ3n) is 4.64. The standard InChI is InChI=1S/C21H34F3NO2/c1-3-5-6-7-8-9-10-11-12-13-14-21(23,24)17-25-15-18(19(22)16-25)20(26)27-4-2/h15-16H,3-14,17H2,1-2H3. The third kappa shape index (κ3) is 9.87. The van der Waals surface area contributed by atoms with Gasteiger partial charge in [-0.25, -0.2) is 18.0 Å². The number of carbonyl (C=O) groups excluding carboxylic acids is 1. The van der Waals surface area contributed by atoms with E-state index in [2.05, 4.69) is 6.92 Å². The molecule has 0 aliphatic rings. The summed E-state index contributed by atoms with van der Waals surface area (Å²) in [6.07, 6.45) is 12.6. The Labute approximate surface area is 161 Å². The van der Waals surface area contributed by atoms with E-state index in [1.807, 2.05) is 0 Å². The van der Waals surface area contributed by atoms with Gasteiger partial charge in [-0.05, 0) is 13.3 Å². The molecule has 0 amide bonds. The van der Waals surface area contributed by atoms with Gasteiger partial charge < -0.3 is 9.30 Å². The number of hydrogen-bond donors (Lipinski definition) is 0. The maximum Gasteiger partial charge on any atom is 0.342 e. The first kappa shape index (κ1) is 23.6. The summed E-state index contributed by atoms with van der Waals surface area (Å²) in [7, 11) is 0. The second-order valence-electron chi connectivity index (χ2n) is 7.20. The zero-order chi connectivity index (χ0) is 20.1. The maximum absolute atomic E-state index is 14.1. The van der Waals surface area contributed by atoms with E-state index in [1.54, 1.807) is 6.92 Å². The summed E-state index contributed by atoms with van der Waals surface area (Å²) in [5, 5.41) is 0. The van der Waals surface area contributed by atoms with Gasteiger partial charge in [-0.15, -0.1) is 0 Å². The highest BCUT2D eigenvalue weighted by atomic mass is 19.3. The fourth-order valence-electron chi connectivity index (χ4n) is 3.15. The molecular weight excluding hydrogens is 355 g/mol. The Morgan fingerprint density at radius 3 is 2.07 bits per heavy atom. The van der Waals surface area contributed by atoms with Crippen LogP contribution in [0.1, 0.15) is 94.8 Å². The highest BCUT2D eigenvalue weighted by molar-refractivity contribution is 5.89. The highest BCUT2D eigenvalue weighted by Gasteiger charge is 2.29. The molecule has 0 aliphatic carbocycles. The predicted octanol–water partition coefficient (Wildman–Crippen LogP) is 6.75. The van der Waals surface area contributed by atoms with E-state index in [1.165, 1.54) is 38.5 Å². The van der Waals surface area contributed by atoms with Crippen molar-refractivity contribution in [2.45, 2.75) is 96.9 Å². The van der Waals surface area contributed by atoms with E-state index in [0.717, 1.165) is 36.2 Å². The number of nitrogens with zero attached hydrogens (tertiary/aromatic N) is 1. The Balaban J connectivity index is 2.24. The summed E-state index contributed by atoms with van der Waals surface area (Å²) in [4.78, 5) is 11.6. The molecule has 0 bridgehead atoms. The van der Waals surface area contributed by atoms with Crippen molar-refractivity contribution in [2.75, 3.05) is 6.61 Å². The molecule has 0 spiro atoms. The van der Waals surface area contributed by atoms with Crippen LogP contribution in [0.2, 0.25) is 0 Å². The van der Waals surface area contributed by atoms with Crippen molar-refractivity contribution in [3.05, 3.63) is 23.8 Å². The minimum absolute atomic E-state index is 0.109. The number of ether oxygens (including phenoxy) is 1. The minimum Gasteiger partial charge on any atom is -0.462 e. The molecule has 0 N–H and O–H groups in total. The molecule has 0 aromatic carbocycles. The van der Waals surface area contributed by atoms with Crippen LogP contribution in [0, 0.1) is 5.82 Å². The molecule has 1 aromatic heterocycles. The molecule has 156 valence electrons. The zero-order valence-electron chi connectivity index (χ0n) is 16.7. The lowest BCUT2D eigenvalue weighted by atomic mass is 10.0. The maximum atomic E-state index is 14.1. The van der Waals surface area contributed by atoms with E-state index in [9.17, 15) is 18.0 Å². The van der Waals surface area contributed by atoms with Gasteiger partial charge in [0.25, 0.3) is 5.92 Å². The van der Waals surface area contributed by atoms with Gasteiger partial charge in [0, 0.05) is 18.8 Å². The average Bonchev–Trinajstić information content (AvgIpc) is 2.96. The van der Waals surface area contributed by atoms with Crippen molar-refractivity contribution in [1.29, 1.82) is 0 Å². The number of hydrogen-bond acceptors (Lipinski definition) is 2. The van der Waals surface area contributed by atoms with Crippen molar-refractivity contribution >= 4 is 5.97 Å². The molecule has 1 heterocycles. The van der Waals surface area contributed by atoms with E-state index in [4.69, 9.17) is 4.74 Å². The molecule has 0 fully saturated rings. The van der Waals surface area contributed by atoms with Gasteiger partial charge in [0.05, 0.1) is 13.2 Å². The molecule has 0 saturated carbocycles. The van der Waals surface area contributed by atoms with Crippen LogP contribution in [-0.2, 0) is 11.3 Å². The number of unbranched alkanes of at least 4 members (excludes halogenated alkanes) is 9. The average molecular weight is 390 g/mol. The second kappa shape index (κ2) is 12.8. The van der Waals surface area contributed by atoms with Crippen LogP contribution in [0.25, 0.3) is 0 Å². The Morgan fingerprint density at radius 2 is 1.52 bits per heavy atom. The fourth-order valence-corrected chi connectivity index (χ4v) is 3.15. The van der Waals surface area contributed by atoms with Crippen molar-refractivity contribution in [3.8, 4) is 0 Å². The van der Waals surface area contributed by atoms with E-state index >= 15 is 0 Å². The highest BCUT2D eigenvalue weighted by Crippen LogP contribution is 2.25. The number of halogens is 3. The van der Waals surface area contributed by atoms with E-state index in [-0.39, 0.29) is 18.6 Å². The van der Waals surface area contributed by atoms with E-state index in [0.29, 0.717) is 6.42 Å². The van der Waals surface area contributed by atoms with Crippen molar-refractivity contribution < 1.29 is 22.7 Å². The zero-order valence-corrected chi connectivity index (χ0v) is 16.7. The van der Waals surface area contributed by atoms with Gasteiger partial charge in [-0.2, -0.15) is 0 Å². The molecule has 0 unspecified atom stereocenters. The Morgan fingerprint density at radius 1 is 0.963 bits per heavy atom. The molecule has 3 nitrogen and oxygen atoms in total. The summed E-state index contributed by atoms with van der Waals surface area (Å²) in [6, 6.07) is 0. The predicted molar refractivity (Wildman–Crippen MR) is 102 cm³/mol. The topological polar surface area (TPSA) is 31.2 Å². The Bertz CT molecular complexity index is 544. The first-order valence-corrected chi connectivity index (χ1v) is 10.3. The molecule has 0 radical (unpaired) electrons. The number of rotatable bonds is 15. The van der Waals surface area contributed by atoms with Crippen LogP contribution in [0.5, 0.6) is 0 Å². The van der Waals surface area contributed by atoms with Gasteiger partial charge in [-0.1, -0.05) is 64.7 Å². The van der Waals surface area contributed by atoms with E-state index < -0.39 is 24.3 Å². The molecule has 1 aromatic rings. The molecule has 27 heavy (non-hydrogen) atoms. The van der Waals surface area contributed by atoms with Crippen LogP contribution < -0.4 is 0 Å². The lowest BCUT2D eigenvalue weighted by Gasteiger charge is -2.17. The lowest BCUT2D eigenvalue weighted by molar-refractivity contribution is -0.0267. The normalized spacial score (nSPS) is 11.7. The number of esters is 1. The largest absolute Gasteiger partial charge is 0.462 e. The van der Waals surface area contributed by atoms with Crippen molar-refractivity contribution in [3.63, 3.8) is 0 Å². The molecule has 6 heteroatoms. The Hall–Kier alpha value is -1.46. The summed E-state index contributed by atoms with van der Waals surface area (Å²) in [5.74, 6) is -4.58. The lowest BCUT2D eigenvalue weighted by Crippen LogP contribution is -2.23. The SMILES string of the molecule is CCCCCCCCCCCCC(F)(F)Cn1cc(F)c(C(=O)OCC)c1. The van der Waals surface area contributed by atoms with Crippen LogP contribution in [0.3, 0.4) is 0 Å². The van der Waals surface area contributed by atoms with Crippen LogP contribution >= 0.6 is 0 Å². The summed E-state index contributed by atoms with van der Waals surface area (Å²) in [5.41, 5.74) is -0.299. The molecule has 0 atom stereocenters.